The Morgan fingerprint density at radius 3 is 2.20 bits per heavy atom. The van der Waals surface area contributed by atoms with Crippen LogP contribution in [0.15, 0.2) is 24.3 Å². The average Bonchev–Trinajstić information content (AvgIpc) is 2.17. The lowest BCUT2D eigenvalue weighted by Gasteiger charge is -2.26. The fraction of sp³-hybridized carbons (Fsp3) is 0.417. The Labute approximate surface area is 90.9 Å². The minimum absolute atomic E-state index is 0.166. The lowest BCUT2D eigenvalue weighted by Crippen LogP contribution is -2.45. The van der Waals surface area contributed by atoms with Crippen molar-refractivity contribution in [1.29, 1.82) is 0 Å². The number of rotatable bonds is 2. The molecular formula is C12H18N2O. The van der Waals surface area contributed by atoms with Crippen LogP contribution in [0.3, 0.4) is 0 Å². The van der Waals surface area contributed by atoms with Crippen LogP contribution in [-0.2, 0) is 5.54 Å². The van der Waals surface area contributed by atoms with E-state index < -0.39 is 0 Å². The monoisotopic (exact) mass is 206 g/mol. The molecule has 1 aromatic rings. The molecule has 0 saturated heterocycles. The van der Waals surface area contributed by atoms with Crippen LogP contribution < -0.4 is 10.6 Å². The Balaban J connectivity index is 2.85. The fourth-order valence-electron chi connectivity index (χ4n) is 1.39. The summed E-state index contributed by atoms with van der Waals surface area (Å²) in [6.45, 7) is 6.00. The molecule has 82 valence electrons. The number of hydrogen-bond acceptors (Lipinski definition) is 1. The van der Waals surface area contributed by atoms with Crippen LogP contribution in [0.1, 0.15) is 25.0 Å². The van der Waals surface area contributed by atoms with E-state index in [2.05, 4.69) is 10.6 Å². The predicted octanol–water partition coefficient (Wildman–Crippen LogP) is 2.16. The summed E-state index contributed by atoms with van der Waals surface area (Å²) in [5.74, 6) is 0. The van der Waals surface area contributed by atoms with Crippen molar-refractivity contribution in [2.24, 2.45) is 0 Å². The molecule has 0 aliphatic carbocycles. The van der Waals surface area contributed by atoms with Crippen molar-refractivity contribution < 1.29 is 4.79 Å². The van der Waals surface area contributed by atoms with Gasteiger partial charge in [-0.2, -0.15) is 0 Å². The van der Waals surface area contributed by atoms with E-state index >= 15 is 0 Å². The summed E-state index contributed by atoms with van der Waals surface area (Å²) in [5, 5.41) is 5.44. The van der Waals surface area contributed by atoms with Gasteiger partial charge in [0.1, 0.15) is 0 Å². The molecule has 1 aromatic carbocycles. The molecule has 0 atom stereocenters. The number of urea groups is 1. The molecule has 2 N–H and O–H groups in total. The lowest BCUT2D eigenvalue weighted by atomic mass is 9.94. The summed E-state index contributed by atoms with van der Waals surface area (Å²) in [7, 11) is 1.61. The first-order valence-electron chi connectivity index (χ1n) is 5.03. The molecule has 0 aliphatic rings. The van der Waals surface area contributed by atoms with Gasteiger partial charge in [0.15, 0.2) is 0 Å². The minimum Gasteiger partial charge on any atom is -0.341 e. The molecule has 0 aromatic heterocycles. The second-order valence-electron chi connectivity index (χ2n) is 4.20. The van der Waals surface area contributed by atoms with Gasteiger partial charge < -0.3 is 10.6 Å². The van der Waals surface area contributed by atoms with Gasteiger partial charge in [0.2, 0.25) is 0 Å². The summed E-state index contributed by atoms with van der Waals surface area (Å²) >= 11 is 0. The van der Waals surface area contributed by atoms with Gasteiger partial charge in [-0.25, -0.2) is 4.79 Å². The zero-order chi connectivity index (χ0) is 11.5. The van der Waals surface area contributed by atoms with Crippen molar-refractivity contribution in [3.63, 3.8) is 0 Å². The Kier molecular flexibility index (Phi) is 3.35. The molecule has 0 radical (unpaired) electrons. The highest BCUT2D eigenvalue weighted by Crippen LogP contribution is 2.19. The second-order valence-corrected chi connectivity index (χ2v) is 4.20. The Morgan fingerprint density at radius 2 is 1.73 bits per heavy atom. The van der Waals surface area contributed by atoms with Gasteiger partial charge in [0.25, 0.3) is 0 Å². The highest BCUT2D eigenvalue weighted by molar-refractivity contribution is 5.74. The molecule has 3 heteroatoms. The normalized spacial score (nSPS) is 10.9. The number of carbonyl (C=O) groups is 1. The van der Waals surface area contributed by atoms with E-state index in [0.717, 1.165) is 5.56 Å². The summed E-state index contributed by atoms with van der Waals surface area (Å²) in [5.41, 5.74) is 1.96. The molecule has 1 rings (SSSR count). The van der Waals surface area contributed by atoms with Crippen LogP contribution in [-0.4, -0.2) is 13.1 Å². The van der Waals surface area contributed by atoms with Gasteiger partial charge in [0, 0.05) is 7.05 Å². The number of aryl methyl sites for hydroxylation is 1. The third kappa shape index (κ3) is 2.98. The van der Waals surface area contributed by atoms with E-state index in [4.69, 9.17) is 0 Å². The van der Waals surface area contributed by atoms with Crippen molar-refractivity contribution in [1.82, 2.24) is 10.6 Å². The van der Waals surface area contributed by atoms with Crippen molar-refractivity contribution in [2.75, 3.05) is 7.05 Å². The van der Waals surface area contributed by atoms with Crippen molar-refractivity contribution in [2.45, 2.75) is 26.3 Å². The summed E-state index contributed by atoms with van der Waals surface area (Å²) in [6, 6.07) is 7.99. The van der Waals surface area contributed by atoms with Gasteiger partial charge in [-0.1, -0.05) is 29.8 Å². The Morgan fingerprint density at radius 1 is 1.20 bits per heavy atom. The summed E-state index contributed by atoms with van der Waals surface area (Å²) in [6.07, 6.45) is 0. The van der Waals surface area contributed by atoms with E-state index in [1.807, 2.05) is 45.0 Å². The van der Waals surface area contributed by atoms with Gasteiger partial charge in [0.05, 0.1) is 5.54 Å². The van der Waals surface area contributed by atoms with Crippen LogP contribution in [0.2, 0.25) is 0 Å². The molecule has 0 bridgehead atoms. The van der Waals surface area contributed by atoms with Crippen LogP contribution in [0.5, 0.6) is 0 Å². The first-order chi connectivity index (χ1) is 6.95. The van der Waals surface area contributed by atoms with Gasteiger partial charge >= 0.3 is 6.03 Å². The highest BCUT2D eigenvalue weighted by atomic mass is 16.2. The average molecular weight is 206 g/mol. The minimum atomic E-state index is -0.353. The molecule has 0 spiro atoms. The van der Waals surface area contributed by atoms with E-state index in [1.54, 1.807) is 7.05 Å². The molecule has 0 fully saturated rings. The van der Waals surface area contributed by atoms with Crippen molar-refractivity contribution in [3.05, 3.63) is 35.4 Å². The molecular weight excluding hydrogens is 188 g/mol. The van der Waals surface area contributed by atoms with Crippen molar-refractivity contribution >= 4 is 6.03 Å². The highest BCUT2D eigenvalue weighted by Gasteiger charge is 2.21. The second kappa shape index (κ2) is 4.34. The third-order valence-corrected chi connectivity index (χ3v) is 2.43. The largest absolute Gasteiger partial charge is 0.341 e. The smallest absolute Gasteiger partial charge is 0.315 e. The Hall–Kier alpha value is -1.51. The zero-order valence-corrected chi connectivity index (χ0v) is 9.72. The topological polar surface area (TPSA) is 41.1 Å². The van der Waals surface area contributed by atoms with E-state index in [9.17, 15) is 4.79 Å². The lowest BCUT2D eigenvalue weighted by molar-refractivity contribution is 0.232. The number of hydrogen-bond donors (Lipinski definition) is 2. The predicted molar refractivity (Wildman–Crippen MR) is 61.8 cm³/mol. The molecule has 0 aliphatic heterocycles. The summed E-state index contributed by atoms with van der Waals surface area (Å²) in [4.78, 5) is 11.2. The van der Waals surface area contributed by atoms with Crippen LogP contribution >= 0.6 is 0 Å². The van der Waals surface area contributed by atoms with Gasteiger partial charge in [-0.05, 0) is 26.3 Å². The van der Waals surface area contributed by atoms with Gasteiger partial charge in [-0.15, -0.1) is 0 Å². The first-order valence-corrected chi connectivity index (χ1v) is 5.03. The first kappa shape index (κ1) is 11.6. The SMILES string of the molecule is CNC(=O)NC(C)(C)c1ccc(C)cc1. The van der Waals surface area contributed by atoms with Crippen molar-refractivity contribution in [3.8, 4) is 0 Å². The fourth-order valence-corrected chi connectivity index (χ4v) is 1.39. The molecule has 2 amide bonds. The van der Waals surface area contributed by atoms with Gasteiger partial charge in [-0.3, -0.25) is 0 Å². The summed E-state index contributed by atoms with van der Waals surface area (Å²) < 4.78 is 0. The molecule has 0 saturated carbocycles. The zero-order valence-electron chi connectivity index (χ0n) is 9.72. The molecule has 15 heavy (non-hydrogen) atoms. The maximum absolute atomic E-state index is 11.2. The van der Waals surface area contributed by atoms with Crippen LogP contribution in [0.4, 0.5) is 4.79 Å². The maximum Gasteiger partial charge on any atom is 0.315 e. The van der Waals surface area contributed by atoms with E-state index in [0.29, 0.717) is 0 Å². The standard InChI is InChI=1S/C12H18N2O/c1-9-5-7-10(8-6-9)12(2,3)14-11(15)13-4/h5-8H,1-4H3,(H2,13,14,15). The number of nitrogens with one attached hydrogen (secondary N) is 2. The van der Waals surface area contributed by atoms with E-state index in [1.165, 1.54) is 5.56 Å². The molecule has 0 unspecified atom stereocenters. The number of benzene rings is 1. The number of carbonyl (C=O) groups excluding carboxylic acids is 1. The quantitative estimate of drug-likeness (QED) is 0.765. The third-order valence-electron chi connectivity index (χ3n) is 2.43. The van der Waals surface area contributed by atoms with E-state index in [-0.39, 0.29) is 11.6 Å². The Bertz CT molecular complexity index is 341. The van der Waals surface area contributed by atoms with Crippen LogP contribution in [0.25, 0.3) is 0 Å². The molecule has 3 nitrogen and oxygen atoms in total. The maximum atomic E-state index is 11.2. The molecule has 0 heterocycles. The van der Waals surface area contributed by atoms with Crippen LogP contribution in [0, 0.1) is 6.92 Å². The number of amides is 2.